The van der Waals surface area contributed by atoms with Gasteiger partial charge in [0.1, 0.15) is 11.5 Å². The highest BCUT2D eigenvalue weighted by Gasteiger charge is 2.28. The van der Waals surface area contributed by atoms with Crippen LogP contribution >= 0.6 is 0 Å². The Morgan fingerprint density at radius 3 is 2.78 bits per heavy atom. The highest BCUT2D eigenvalue weighted by molar-refractivity contribution is 6.00. The molecule has 0 saturated carbocycles. The summed E-state index contributed by atoms with van der Waals surface area (Å²) in [5.74, 6) is 0.961. The van der Waals surface area contributed by atoms with E-state index < -0.39 is 0 Å². The van der Waals surface area contributed by atoms with Crippen LogP contribution in [-0.4, -0.2) is 31.1 Å². The number of carbonyl (C=O) groups is 2. The minimum atomic E-state index is -0.269. The lowest BCUT2D eigenvalue weighted by atomic mass is 10.1. The number of benzene rings is 2. The zero-order chi connectivity index (χ0) is 19.6. The van der Waals surface area contributed by atoms with Crippen molar-refractivity contribution in [2.45, 2.75) is 33.7 Å². The summed E-state index contributed by atoms with van der Waals surface area (Å²) in [7, 11) is 0. The Morgan fingerprint density at radius 2 is 2.04 bits per heavy atom. The van der Waals surface area contributed by atoms with Crippen LogP contribution in [0.3, 0.4) is 0 Å². The van der Waals surface area contributed by atoms with E-state index in [9.17, 15) is 9.59 Å². The predicted molar refractivity (Wildman–Crippen MR) is 105 cm³/mol. The molecule has 0 unspecified atom stereocenters. The van der Waals surface area contributed by atoms with E-state index in [1.54, 1.807) is 23.1 Å². The first-order chi connectivity index (χ1) is 12.9. The van der Waals surface area contributed by atoms with Crippen molar-refractivity contribution in [1.82, 2.24) is 0 Å². The van der Waals surface area contributed by atoms with Gasteiger partial charge < -0.3 is 19.7 Å². The molecule has 0 aromatic heterocycles. The second-order valence-corrected chi connectivity index (χ2v) is 6.86. The molecule has 6 nitrogen and oxygen atoms in total. The number of hydrogen-bond donors (Lipinski definition) is 1. The maximum Gasteiger partial charge on any atom is 0.265 e. The topological polar surface area (TPSA) is 67.9 Å². The maximum atomic E-state index is 12.3. The molecule has 2 aromatic rings. The monoisotopic (exact) mass is 368 g/mol. The third-order valence-corrected chi connectivity index (χ3v) is 4.55. The summed E-state index contributed by atoms with van der Waals surface area (Å²) < 4.78 is 11.1. The Hall–Kier alpha value is -3.02. The van der Waals surface area contributed by atoms with Gasteiger partial charge in [0.2, 0.25) is 0 Å². The molecule has 6 heteroatoms. The van der Waals surface area contributed by atoms with Crippen LogP contribution in [0.4, 0.5) is 11.4 Å². The number of anilines is 2. The van der Waals surface area contributed by atoms with Crippen molar-refractivity contribution < 1.29 is 19.1 Å². The molecule has 2 aromatic carbocycles. The lowest BCUT2D eigenvalue weighted by molar-refractivity contribution is -0.121. The van der Waals surface area contributed by atoms with Crippen LogP contribution in [0.15, 0.2) is 36.4 Å². The number of fused-ring (bicyclic) bond motifs is 1. The molecule has 1 N–H and O–H groups in total. The molecule has 1 aliphatic rings. The van der Waals surface area contributed by atoms with Crippen LogP contribution in [0.5, 0.6) is 11.5 Å². The quantitative estimate of drug-likeness (QED) is 0.878. The van der Waals surface area contributed by atoms with Gasteiger partial charge >= 0.3 is 0 Å². The maximum absolute atomic E-state index is 12.3. The highest BCUT2D eigenvalue weighted by atomic mass is 16.5. The minimum Gasteiger partial charge on any atom is -0.483 e. The summed E-state index contributed by atoms with van der Waals surface area (Å²) in [4.78, 5) is 26.1. The number of aryl methyl sites for hydroxylation is 1. The SMILES string of the molecule is Cc1cccc(OCC(=O)Nc2ccc3c(c2)N(C(C)C)C(=O)CO3)c1C. The van der Waals surface area contributed by atoms with Crippen LogP contribution in [0.1, 0.15) is 25.0 Å². The number of carbonyl (C=O) groups excluding carboxylic acids is 2. The summed E-state index contributed by atoms with van der Waals surface area (Å²) in [5, 5.41) is 2.81. The molecule has 0 fully saturated rings. The van der Waals surface area contributed by atoms with Crippen molar-refractivity contribution >= 4 is 23.2 Å². The van der Waals surface area contributed by atoms with Gasteiger partial charge in [0.15, 0.2) is 13.2 Å². The first kappa shape index (κ1) is 18.8. The summed E-state index contributed by atoms with van der Waals surface area (Å²) >= 11 is 0. The fourth-order valence-corrected chi connectivity index (χ4v) is 3.04. The Bertz CT molecular complexity index is 876. The first-order valence-corrected chi connectivity index (χ1v) is 8.94. The number of rotatable bonds is 5. The summed E-state index contributed by atoms with van der Waals surface area (Å²) in [6.45, 7) is 7.78. The molecule has 2 amide bonds. The molecule has 0 spiro atoms. The molecule has 27 heavy (non-hydrogen) atoms. The third kappa shape index (κ3) is 4.05. The molecular formula is C21H24N2O4. The van der Waals surface area contributed by atoms with Gasteiger partial charge in [-0.3, -0.25) is 9.59 Å². The van der Waals surface area contributed by atoms with Crippen LogP contribution < -0.4 is 19.7 Å². The van der Waals surface area contributed by atoms with Gasteiger partial charge in [-0.05, 0) is 63.1 Å². The van der Waals surface area contributed by atoms with Gasteiger partial charge in [0.25, 0.3) is 11.8 Å². The minimum absolute atomic E-state index is 0.00118. The van der Waals surface area contributed by atoms with Gasteiger partial charge in [0, 0.05) is 11.7 Å². The second kappa shape index (κ2) is 7.70. The van der Waals surface area contributed by atoms with Gasteiger partial charge in [-0.25, -0.2) is 0 Å². The average molecular weight is 368 g/mol. The zero-order valence-corrected chi connectivity index (χ0v) is 16.0. The van der Waals surface area contributed by atoms with E-state index in [0.29, 0.717) is 22.9 Å². The van der Waals surface area contributed by atoms with Crippen molar-refractivity contribution in [3.63, 3.8) is 0 Å². The lowest BCUT2D eigenvalue weighted by Crippen LogP contribution is -2.43. The highest BCUT2D eigenvalue weighted by Crippen LogP contribution is 2.35. The van der Waals surface area contributed by atoms with Gasteiger partial charge in [-0.15, -0.1) is 0 Å². The molecule has 1 aliphatic heterocycles. The summed E-state index contributed by atoms with van der Waals surface area (Å²) in [6, 6.07) is 11.0. The smallest absolute Gasteiger partial charge is 0.265 e. The lowest BCUT2D eigenvalue weighted by Gasteiger charge is -2.32. The molecule has 0 atom stereocenters. The number of amides is 2. The molecular weight excluding hydrogens is 344 g/mol. The van der Waals surface area contributed by atoms with Crippen LogP contribution in [0.2, 0.25) is 0 Å². The van der Waals surface area contributed by atoms with E-state index in [-0.39, 0.29) is 31.1 Å². The van der Waals surface area contributed by atoms with Crippen molar-refractivity contribution in [1.29, 1.82) is 0 Å². The van der Waals surface area contributed by atoms with Crippen molar-refractivity contribution in [2.24, 2.45) is 0 Å². The fourth-order valence-electron chi connectivity index (χ4n) is 3.04. The van der Waals surface area contributed by atoms with E-state index in [4.69, 9.17) is 9.47 Å². The summed E-state index contributed by atoms with van der Waals surface area (Å²) in [6.07, 6.45) is 0. The largest absolute Gasteiger partial charge is 0.483 e. The average Bonchev–Trinajstić information content (AvgIpc) is 2.62. The Balaban J connectivity index is 1.70. The van der Waals surface area contributed by atoms with Crippen molar-refractivity contribution in [3.05, 3.63) is 47.5 Å². The van der Waals surface area contributed by atoms with Crippen LogP contribution in [-0.2, 0) is 9.59 Å². The van der Waals surface area contributed by atoms with E-state index in [1.165, 1.54) is 0 Å². The van der Waals surface area contributed by atoms with Gasteiger partial charge in [-0.1, -0.05) is 12.1 Å². The summed E-state index contributed by atoms with van der Waals surface area (Å²) in [5.41, 5.74) is 3.38. The Kier molecular flexibility index (Phi) is 5.35. The number of ether oxygens (including phenoxy) is 2. The van der Waals surface area contributed by atoms with Crippen molar-refractivity contribution in [3.8, 4) is 11.5 Å². The molecule has 0 saturated heterocycles. The van der Waals surface area contributed by atoms with Crippen LogP contribution in [0, 0.1) is 13.8 Å². The normalized spacial score (nSPS) is 13.2. The predicted octanol–water partition coefficient (Wildman–Crippen LogP) is 3.45. The number of nitrogens with one attached hydrogen (secondary N) is 1. The molecule has 0 aliphatic carbocycles. The first-order valence-electron chi connectivity index (χ1n) is 8.94. The Morgan fingerprint density at radius 1 is 1.26 bits per heavy atom. The van der Waals surface area contributed by atoms with E-state index in [2.05, 4.69) is 5.32 Å². The second-order valence-electron chi connectivity index (χ2n) is 6.86. The molecule has 1 heterocycles. The van der Waals surface area contributed by atoms with Gasteiger partial charge in [-0.2, -0.15) is 0 Å². The third-order valence-electron chi connectivity index (χ3n) is 4.55. The fraction of sp³-hybridized carbons (Fsp3) is 0.333. The van der Waals surface area contributed by atoms with Crippen LogP contribution in [0.25, 0.3) is 0 Å². The molecule has 142 valence electrons. The standard InChI is InChI=1S/C21H24N2O4/c1-13(2)23-17-10-16(8-9-19(17)27-12-21(23)25)22-20(24)11-26-18-7-5-6-14(3)15(18)4/h5-10,13H,11-12H2,1-4H3,(H,22,24). The zero-order valence-electron chi connectivity index (χ0n) is 16.0. The Labute approximate surface area is 159 Å². The van der Waals surface area contributed by atoms with E-state index in [1.807, 2.05) is 45.9 Å². The molecule has 0 radical (unpaired) electrons. The number of hydrogen-bond acceptors (Lipinski definition) is 4. The van der Waals surface area contributed by atoms with Crippen molar-refractivity contribution in [2.75, 3.05) is 23.4 Å². The molecule has 0 bridgehead atoms. The molecule has 3 rings (SSSR count). The number of nitrogens with zero attached hydrogens (tertiary/aromatic N) is 1. The van der Waals surface area contributed by atoms with E-state index in [0.717, 1.165) is 11.1 Å². The van der Waals surface area contributed by atoms with Gasteiger partial charge in [0.05, 0.1) is 5.69 Å². The van der Waals surface area contributed by atoms with E-state index >= 15 is 0 Å².